The SMILES string of the molecule is CC=C=C(C=O)CCCC. The number of rotatable bonds is 4. The van der Waals surface area contributed by atoms with Gasteiger partial charge in [-0.05, 0) is 25.8 Å². The summed E-state index contributed by atoms with van der Waals surface area (Å²) in [4.78, 5) is 10.3. The highest BCUT2D eigenvalue weighted by Crippen LogP contribution is 2.02. The van der Waals surface area contributed by atoms with Gasteiger partial charge in [-0.1, -0.05) is 13.3 Å². The van der Waals surface area contributed by atoms with Crippen LogP contribution in [0.5, 0.6) is 0 Å². The van der Waals surface area contributed by atoms with Gasteiger partial charge < -0.3 is 0 Å². The average Bonchev–Trinajstić information content (AvgIpc) is 1.98. The summed E-state index contributed by atoms with van der Waals surface area (Å²) < 4.78 is 0. The van der Waals surface area contributed by atoms with Crippen LogP contribution in [-0.2, 0) is 4.79 Å². The molecule has 0 aliphatic rings. The van der Waals surface area contributed by atoms with Crippen LogP contribution in [0.1, 0.15) is 33.1 Å². The molecule has 0 spiro atoms. The highest BCUT2D eigenvalue weighted by molar-refractivity contribution is 5.72. The Kier molecular flexibility index (Phi) is 5.80. The highest BCUT2D eigenvalue weighted by atomic mass is 16.1. The Morgan fingerprint density at radius 2 is 2.30 bits per heavy atom. The molecule has 0 amide bonds. The van der Waals surface area contributed by atoms with Gasteiger partial charge in [-0.3, -0.25) is 4.79 Å². The second kappa shape index (κ2) is 6.31. The lowest BCUT2D eigenvalue weighted by Crippen LogP contribution is -1.81. The molecule has 0 aromatic rings. The van der Waals surface area contributed by atoms with Crippen LogP contribution in [0.3, 0.4) is 0 Å². The maximum Gasteiger partial charge on any atom is 0.153 e. The summed E-state index contributed by atoms with van der Waals surface area (Å²) in [6.07, 6.45) is 5.73. The lowest BCUT2D eigenvalue weighted by Gasteiger charge is -1.91. The van der Waals surface area contributed by atoms with Crippen LogP contribution in [0.15, 0.2) is 17.4 Å². The third-order valence-electron chi connectivity index (χ3n) is 1.27. The highest BCUT2D eigenvalue weighted by Gasteiger charge is 1.90. The summed E-state index contributed by atoms with van der Waals surface area (Å²) in [6, 6.07) is 0. The van der Waals surface area contributed by atoms with Gasteiger partial charge in [-0.2, -0.15) is 0 Å². The van der Waals surface area contributed by atoms with Crippen LogP contribution in [0.2, 0.25) is 0 Å². The number of unbranched alkanes of at least 4 members (excludes halogenated alkanes) is 1. The molecule has 56 valence electrons. The second-order valence-electron chi connectivity index (χ2n) is 2.18. The van der Waals surface area contributed by atoms with Crippen LogP contribution in [0.25, 0.3) is 0 Å². The van der Waals surface area contributed by atoms with Crippen LogP contribution in [0.4, 0.5) is 0 Å². The molecule has 0 atom stereocenters. The quantitative estimate of drug-likeness (QED) is 0.331. The van der Waals surface area contributed by atoms with Crippen molar-refractivity contribution in [2.24, 2.45) is 0 Å². The van der Waals surface area contributed by atoms with Crippen molar-refractivity contribution < 1.29 is 4.79 Å². The summed E-state index contributed by atoms with van der Waals surface area (Å²) in [7, 11) is 0. The zero-order valence-corrected chi connectivity index (χ0v) is 6.68. The van der Waals surface area contributed by atoms with Crippen molar-refractivity contribution in [1.29, 1.82) is 0 Å². The van der Waals surface area contributed by atoms with Crippen molar-refractivity contribution >= 4 is 6.29 Å². The van der Waals surface area contributed by atoms with Gasteiger partial charge in [0.1, 0.15) is 0 Å². The second-order valence-corrected chi connectivity index (χ2v) is 2.18. The summed E-state index contributed by atoms with van der Waals surface area (Å²) in [5.74, 6) is 0. The normalized spacial score (nSPS) is 8.20. The molecule has 0 aromatic carbocycles. The Bertz CT molecular complexity index is 150. The van der Waals surface area contributed by atoms with Gasteiger partial charge in [0.25, 0.3) is 0 Å². The van der Waals surface area contributed by atoms with Crippen molar-refractivity contribution in [2.75, 3.05) is 0 Å². The van der Waals surface area contributed by atoms with Crippen molar-refractivity contribution in [3.63, 3.8) is 0 Å². The Morgan fingerprint density at radius 1 is 1.60 bits per heavy atom. The lowest BCUT2D eigenvalue weighted by molar-refractivity contribution is -0.105. The Hall–Kier alpha value is -0.810. The number of carbonyl (C=O) groups excluding carboxylic acids is 1. The molecule has 0 saturated carbocycles. The topological polar surface area (TPSA) is 17.1 Å². The van der Waals surface area contributed by atoms with Gasteiger partial charge in [0.2, 0.25) is 0 Å². The minimum Gasteiger partial charge on any atom is -0.298 e. The number of allylic oxidation sites excluding steroid dienone is 1. The fraction of sp³-hybridized carbons (Fsp3) is 0.556. The molecular formula is C9H14O. The van der Waals surface area contributed by atoms with E-state index in [0.717, 1.165) is 31.1 Å². The van der Waals surface area contributed by atoms with Crippen LogP contribution in [0, 0.1) is 0 Å². The van der Waals surface area contributed by atoms with Gasteiger partial charge in [-0.25, -0.2) is 0 Å². The van der Waals surface area contributed by atoms with E-state index in [-0.39, 0.29) is 0 Å². The fourth-order valence-corrected chi connectivity index (χ4v) is 0.718. The van der Waals surface area contributed by atoms with Crippen molar-refractivity contribution in [1.82, 2.24) is 0 Å². The molecule has 1 nitrogen and oxygen atoms in total. The number of hydrogen-bond acceptors (Lipinski definition) is 1. The summed E-state index contributed by atoms with van der Waals surface area (Å²) in [6.45, 7) is 3.98. The molecule has 0 bridgehead atoms. The van der Waals surface area contributed by atoms with Crippen molar-refractivity contribution in [2.45, 2.75) is 33.1 Å². The molecule has 0 radical (unpaired) electrons. The zero-order chi connectivity index (χ0) is 7.82. The molecule has 0 aromatic heterocycles. The summed E-state index contributed by atoms with van der Waals surface area (Å²) in [5.41, 5.74) is 3.67. The van der Waals surface area contributed by atoms with Gasteiger partial charge in [0, 0.05) is 5.57 Å². The standard InChI is InChI=1S/C9H14O/c1-3-5-7-9(8-10)6-4-2/h4,8H,3,5,7H2,1-2H3. The molecule has 10 heavy (non-hydrogen) atoms. The maximum absolute atomic E-state index is 10.3. The van der Waals surface area contributed by atoms with Crippen LogP contribution in [-0.4, -0.2) is 6.29 Å². The van der Waals surface area contributed by atoms with Gasteiger partial charge >= 0.3 is 0 Å². The smallest absolute Gasteiger partial charge is 0.153 e. The van der Waals surface area contributed by atoms with E-state index in [9.17, 15) is 4.79 Å². The Balaban J connectivity index is 3.84. The monoisotopic (exact) mass is 138 g/mol. The molecule has 1 heteroatoms. The number of carbonyl (C=O) groups is 1. The first-order valence-corrected chi connectivity index (χ1v) is 3.70. The average molecular weight is 138 g/mol. The zero-order valence-electron chi connectivity index (χ0n) is 6.68. The van der Waals surface area contributed by atoms with Crippen molar-refractivity contribution in [3.8, 4) is 0 Å². The maximum atomic E-state index is 10.3. The molecule has 0 aliphatic carbocycles. The molecule has 0 saturated heterocycles. The first-order valence-electron chi connectivity index (χ1n) is 3.70. The van der Waals surface area contributed by atoms with E-state index in [1.807, 2.05) is 6.92 Å². The predicted molar refractivity (Wildman–Crippen MR) is 42.9 cm³/mol. The van der Waals surface area contributed by atoms with Crippen LogP contribution >= 0.6 is 0 Å². The van der Waals surface area contributed by atoms with Gasteiger partial charge in [0.05, 0.1) is 0 Å². The Morgan fingerprint density at radius 3 is 2.70 bits per heavy atom. The fourth-order valence-electron chi connectivity index (χ4n) is 0.718. The molecule has 0 fully saturated rings. The Labute approximate surface area is 62.4 Å². The molecule has 0 unspecified atom stereocenters. The van der Waals surface area contributed by atoms with E-state index >= 15 is 0 Å². The molecular weight excluding hydrogens is 124 g/mol. The van der Waals surface area contributed by atoms with E-state index < -0.39 is 0 Å². The predicted octanol–water partition coefficient (Wildman–Crippen LogP) is 2.48. The summed E-state index contributed by atoms with van der Waals surface area (Å²) >= 11 is 0. The van der Waals surface area contributed by atoms with E-state index in [4.69, 9.17) is 0 Å². The minimum absolute atomic E-state index is 0.782. The van der Waals surface area contributed by atoms with E-state index in [1.165, 1.54) is 0 Å². The lowest BCUT2D eigenvalue weighted by atomic mass is 10.1. The largest absolute Gasteiger partial charge is 0.298 e. The summed E-state index contributed by atoms with van der Waals surface area (Å²) in [5, 5.41) is 0. The van der Waals surface area contributed by atoms with E-state index in [2.05, 4.69) is 12.7 Å². The minimum atomic E-state index is 0.782. The van der Waals surface area contributed by atoms with Crippen molar-refractivity contribution in [3.05, 3.63) is 17.4 Å². The van der Waals surface area contributed by atoms with E-state index in [1.54, 1.807) is 6.08 Å². The number of hydrogen-bond donors (Lipinski definition) is 0. The third-order valence-corrected chi connectivity index (χ3v) is 1.27. The van der Waals surface area contributed by atoms with Gasteiger partial charge in [-0.15, -0.1) is 5.73 Å². The van der Waals surface area contributed by atoms with Gasteiger partial charge in [0.15, 0.2) is 6.29 Å². The molecule has 0 N–H and O–H groups in total. The molecule has 0 aliphatic heterocycles. The molecule has 0 rings (SSSR count). The molecule has 0 heterocycles. The first-order chi connectivity index (χ1) is 4.85. The number of aldehydes is 1. The third kappa shape index (κ3) is 4.11. The van der Waals surface area contributed by atoms with Crippen LogP contribution < -0.4 is 0 Å². The first kappa shape index (κ1) is 9.19. The van der Waals surface area contributed by atoms with E-state index in [0.29, 0.717) is 0 Å².